The van der Waals surface area contributed by atoms with Gasteiger partial charge in [-0.2, -0.15) is 4.98 Å². The van der Waals surface area contributed by atoms with Gasteiger partial charge in [0.1, 0.15) is 5.76 Å². The van der Waals surface area contributed by atoms with Crippen molar-refractivity contribution in [3.8, 4) is 11.1 Å². The van der Waals surface area contributed by atoms with Crippen molar-refractivity contribution in [2.45, 2.75) is 13.3 Å². The molecule has 0 aliphatic heterocycles. The maximum absolute atomic E-state index is 12.2. The highest BCUT2D eigenvalue weighted by atomic mass is 16.5. The fourth-order valence-corrected chi connectivity index (χ4v) is 3.03. The van der Waals surface area contributed by atoms with Crippen LogP contribution >= 0.6 is 0 Å². The van der Waals surface area contributed by atoms with Crippen molar-refractivity contribution in [3.63, 3.8) is 0 Å². The molecule has 0 atom stereocenters. The van der Waals surface area contributed by atoms with Crippen molar-refractivity contribution >= 4 is 23.2 Å². The molecule has 4 rings (SSSR count). The summed E-state index contributed by atoms with van der Waals surface area (Å²) < 4.78 is 6.73. The molecule has 0 aliphatic rings. The van der Waals surface area contributed by atoms with E-state index in [2.05, 4.69) is 37.6 Å². The number of nitrogens with one attached hydrogen (secondary N) is 1. The fraction of sp³-hybridized carbons (Fsp3) is 0.200. The molecule has 0 bridgehead atoms. The summed E-state index contributed by atoms with van der Waals surface area (Å²) in [5.74, 6) is 0.492. The van der Waals surface area contributed by atoms with E-state index < -0.39 is 0 Å². The fourth-order valence-electron chi connectivity index (χ4n) is 3.03. The zero-order valence-electron chi connectivity index (χ0n) is 15.9. The van der Waals surface area contributed by atoms with Gasteiger partial charge < -0.3 is 9.42 Å². The quantitative estimate of drug-likeness (QED) is 0.576. The maximum atomic E-state index is 12.2. The Labute approximate surface area is 161 Å². The minimum Gasteiger partial charge on any atom is -0.377 e. The van der Waals surface area contributed by atoms with Gasteiger partial charge in [0, 0.05) is 43.2 Å². The standard InChI is InChI=1S/C20H20N6O2/c1-13-10-15(28-24-13)11-19(27)22-20-21-18-9-8-14(12-26(18)23-20)16-6-4-5-7-17(16)25(2)3/h4-10,12H,11H2,1-3H3,(H,22,23,27). The Morgan fingerprint density at radius 3 is 2.79 bits per heavy atom. The van der Waals surface area contributed by atoms with Gasteiger partial charge >= 0.3 is 0 Å². The summed E-state index contributed by atoms with van der Waals surface area (Å²) in [7, 11) is 4.02. The van der Waals surface area contributed by atoms with Crippen LogP contribution in [0.25, 0.3) is 16.8 Å². The number of hydrogen-bond donors (Lipinski definition) is 1. The van der Waals surface area contributed by atoms with Crippen LogP contribution < -0.4 is 10.2 Å². The molecule has 8 nitrogen and oxygen atoms in total. The molecule has 0 saturated carbocycles. The van der Waals surface area contributed by atoms with Crippen LogP contribution in [0.1, 0.15) is 11.5 Å². The second kappa shape index (κ2) is 7.15. The van der Waals surface area contributed by atoms with Crippen LogP contribution in [0.15, 0.2) is 53.2 Å². The molecule has 1 N–H and O–H groups in total. The predicted octanol–water partition coefficient (Wildman–Crippen LogP) is 2.94. The SMILES string of the molecule is Cc1cc(CC(=O)Nc2nc3ccc(-c4ccccc4N(C)C)cn3n2)on1. The van der Waals surface area contributed by atoms with Crippen molar-refractivity contribution in [1.82, 2.24) is 19.8 Å². The van der Waals surface area contributed by atoms with Crippen LogP contribution in [0.4, 0.5) is 11.6 Å². The molecule has 0 saturated heterocycles. The van der Waals surface area contributed by atoms with Gasteiger partial charge in [-0.25, -0.2) is 4.52 Å². The van der Waals surface area contributed by atoms with Crippen molar-refractivity contribution in [1.29, 1.82) is 0 Å². The number of hydrogen-bond acceptors (Lipinski definition) is 6. The molecule has 4 aromatic rings. The van der Waals surface area contributed by atoms with E-state index in [4.69, 9.17) is 4.52 Å². The van der Waals surface area contributed by atoms with Gasteiger partial charge in [-0.05, 0) is 25.1 Å². The van der Waals surface area contributed by atoms with E-state index in [0.29, 0.717) is 11.4 Å². The Kier molecular flexibility index (Phi) is 4.52. The molecule has 1 amide bonds. The third-order valence-corrected chi connectivity index (χ3v) is 4.29. The number of rotatable bonds is 5. The first-order chi connectivity index (χ1) is 13.5. The van der Waals surface area contributed by atoms with Crippen LogP contribution in [-0.4, -0.2) is 39.8 Å². The molecule has 0 fully saturated rings. The van der Waals surface area contributed by atoms with Gasteiger partial charge in [0.2, 0.25) is 11.9 Å². The van der Waals surface area contributed by atoms with Crippen molar-refractivity contribution in [2.75, 3.05) is 24.3 Å². The summed E-state index contributed by atoms with van der Waals surface area (Å²) in [6, 6.07) is 13.7. The second-order valence-corrected chi connectivity index (χ2v) is 6.73. The Balaban J connectivity index is 1.58. The summed E-state index contributed by atoms with van der Waals surface area (Å²) in [6.45, 7) is 1.81. The summed E-state index contributed by atoms with van der Waals surface area (Å²) in [5.41, 5.74) is 4.60. The molecule has 3 aromatic heterocycles. The monoisotopic (exact) mass is 376 g/mol. The summed E-state index contributed by atoms with van der Waals surface area (Å²) in [6.07, 6.45) is 1.98. The van der Waals surface area contributed by atoms with E-state index in [1.54, 1.807) is 17.5 Å². The van der Waals surface area contributed by atoms with Gasteiger partial charge in [-0.3, -0.25) is 10.1 Å². The van der Waals surface area contributed by atoms with E-state index in [0.717, 1.165) is 22.5 Å². The van der Waals surface area contributed by atoms with E-state index in [9.17, 15) is 4.79 Å². The number of aryl methyl sites for hydroxylation is 1. The van der Waals surface area contributed by atoms with Crippen molar-refractivity contribution < 1.29 is 9.32 Å². The molecule has 0 spiro atoms. The van der Waals surface area contributed by atoms with Gasteiger partial charge in [-0.1, -0.05) is 23.4 Å². The third kappa shape index (κ3) is 3.57. The largest absolute Gasteiger partial charge is 0.377 e. The van der Waals surface area contributed by atoms with E-state index >= 15 is 0 Å². The maximum Gasteiger partial charge on any atom is 0.249 e. The van der Waals surface area contributed by atoms with E-state index in [1.807, 2.05) is 44.6 Å². The molecule has 1 aromatic carbocycles. The van der Waals surface area contributed by atoms with E-state index in [1.165, 1.54) is 0 Å². The minimum atomic E-state index is -0.259. The first kappa shape index (κ1) is 17.7. The number of pyridine rings is 1. The molecule has 0 radical (unpaired) electrons. The number of carbonyl (C=O) groups excluding carboxylic acids is 1. The molecule has 28 heavy (non-hydrogen) atoms. The Hall–Kier alpha value is -3.68. The molecular weight excluding hydrogens is 356 g/mol. The number of amides is 1. The Morgan fingerprint density at radius 1 is 1.21 bits per heavy atom. The van der Waals surface area contributed by atoms with Crippen LogP contribution in [0.2, 0.25) is 0 Å². The zero-order valence-corrected chi connectivity index (χ0v) is 15.9. The number of benzene rings is 1. The first-order valence-corrected chi connectivity index (χ1v) is 8.85. The Morgan fingerprint density at radius 2 is 2.04 bits per heavy atom. The molecule has 0 unspecified atom stereocenters. The number of aromatic nitrogens is 4. The van der Waals surface area contributed by atoms with Crippen LogP contribution in [0.5, 0.6) is 0 Å². The van der Waals surface area contributed by atoms with Crippen LogP contribution in [0, 0.1) is 6.92 Å². The normalized spacial score (nSPS) is 11.0. The first-order valence-electron chi connectivity index (χ1n) is 8.85. The van der Waals surface area contributed by atoms with E-state index in [-0.39, 0.29) is 18.3 Å². The number of nitrogens with zero attached hydrogens (tertiary/aromatic N) is 5. The average molecular weight is 376 g/mol. The zero-order chi connectivity index (χ0) is 19.7. The number of carbonyl (C=O) groups is 1. The van der Waals surface area contributed by atoms with Gasteiger partial charge in [0.05, 0.1) is 12.1 Å². The lowest BCUT2D eigenvalue weighted by molar-refractivity contribution is -0.115. The molecular formula is C20H20N6O2. The van der Waals surface area contributed by atoms with Gasteiger partial charge in [0.15, 0.2) is 5.65 Å². The summed E-state index contributed by atoms with van der Waals surface area (Å²) in [5, 5.41) is 10.8. The average Bonchev–Trinajstić information content (AvgIpc) is 3.25. The molecule has 142 valence electrons. The number of para-hydroxylation sites is 1. The minimum absolute atomic E-state index is 0.0812. The molecule has 8 heteroatoms. The molecule has 0 aliphatic carbocycles. The lowest BCUT2D eigenvalue weighted by atomic mass is 10.1. The molecule has 3 heterocycles. The van der Waals surface area contributed by atoms with Gasteiger partial charge in [-0.15, -0.1) is 5.10 Å². The highest BCUT2D eigenvalue weighted by Crippen LogP contribution is 2.29. The van der Waals surface area contributed by atoms with Crippen LogP contribution in [-0.2, 0) is 11.2 Å². The topological polar surface area (TPSA) is 88.6 Å². The lowest BCUT2D eigenvalue weighted by Crippen LogP contribution is -2.15. The van der Waals surface area contributed by atoms with Crippen molar-refractivity contribution in [3.05, 3.63) is 60.1 Å². The second-order valence-electron chi connectivity index (χ2n) is 6.73. The highest BCUT2D eigenvalue weighted by Gasteiger charge is 2.13. The van der Waals surface area contributed by atoms with Gasteiger partial charge in [0.25, 0.3) is 0 Å². The summed E-state index contributed by atoms with van der Waals surface area (Å²) in [4.78, 5) is 18.6. The van der Waals surface area contributed by atoms with Crippen molar-refractivity contribution in [2.24, 2.45) is 0 Å². The number of fused-ring (bicyclic) bond motifs is 1. The predicted molar refractivity (Wildman–Crippen MR) is 106 cm³/mol. The third-order valence-electron chi connectivity index (χ3n) is 4.29. The number of anilines is 2. The lowest BCUT2D eigenvalue weighted by Gasteiger charge is -2.17. The highest BCUT2D eigenvalue weighted by molar-refractivity contribution is 5.90. The summed E-state index contributed by atoms with van der Waals surface area (Å²) >= 11 is 0. The smallest absolute Gasteiger partial charge is 0.249 e. The van der Waals surface area contributed by atoms with Crippen LogP contribution in [0.3, 0.4) is 0 Å². The Bertz CT molecular complexity index is 1140.